The van der Waals surface area contributed by atoms with Crippen LogP contribution in [-0.2, 0) is 6.54 Å². The summed E-state index contributed by atoms with van der Waals surface area (Å²) in [7, 11) is 0. The number of para-hydroxylation sites is 2. The molecule has 1 amide bonds. The van der Waals surface area contributed by atoms with Gasteiger partial charge in [-0.2, -0.15) is 5.10 Å². The summed E-state index contributed by atoms with van der Waals surface area (Å²) in [6.07, 6.45) is 0. The van der Waals surface area contributed by atoms with E-state index in [9.17, 15) is 19.7 Å². The standard InChI is InChI=1S/C19H19N5O4/c1-2-23-19(26)14-8-4-3-7-13(14)17(22-23)18(25)21-12-11-20-15-9-5-6-10-16(15)24(27)28/h3-10,20H,2,11-12H2,1H3,(H,21,25). The predicted molar refractivity (Wildman–Crippen MR) is 106 cm³/mol. The first-order valence-corrected chi connectivity index (χ1v) is 8.78. The van der Waals surface area contributed by atoms with Gasteiger partial charge in [-0.05, 0) is 19.1 Å². The highest BCUT2D eigenvalue weighted by Gasteiger charge is 2.16. The number of hydrogen-bond donors (Lipinski definition) is 2. The second-order valence-corrected chi connectivity index (χ2v) is 5.97. The number of nitro groups is 1. The van der Waals surface area contributed by atoms with Crippen LogP contribution in [0.3, 0.4) is 0 Å². The molecule has 0 unspecified atom stereocenters. The molecule has 2 N–H and O–H groups in total. The average Bonchev–Trinajstić information content (AvgIpc) is 2.71. The topological polar surface area (TPSA) is 119 Å². The second kappa shape index (κ2) is 8.30. The second-order valence-electron chi connectivity index (χ2n) is 5.97. The molecule has 9 heteroatoms. The van der Waals surface area contributed by atoms with Gasteiger partial charge in [0.25, 0.3) is 17.2 Å². The molecule has 0 spiro atoms. The highest BCUT2D eigenvalue weighted by Crippen LogP contribution is 2.22. The van der Waals surface area contributed by atoms with Crippen molar-refractivity contribution in [2.24, 2.45) is 0 Å². The molecule has 0 aliphatic heterocycles. The summed E-state index contributed by atoms with van der Waals surface area (Å²) in [5, 5.41) is 21.8. The fourth-order valence-corrected chi connectivity index (χ4v) is 2.86. The number of nitrogens with one attached hydrogen (secondary N) is 2. The molecule has 9 nitrogen and oxygen atoms in total. The van der Waals surface area contributed by atoms with Crippen molar-refractivity contribution >= 4 is 28.1 Å². The van der Waals surface area contributed by atoms with Gasteiger partial charge in [0.05, 0.1) is 10.3 Å². The molecule has 0 fully saturated rings. The average molecular weight is 381 g/mol. The number of aryl methyl sites for hydroxylation is 1. The summed E-state index contributed by atoms with van der Waals surface area (Å²) >= 11 is 0. The Balaban J connectivity index is 1.72. The third-order valence-corrected chi connectivity index (χ3v) is 4.21. The minimum Gasteiger partial charge on any atom is -0.378 e. The van der Waals surface area contributed by atoms with Crippen molar-refractivity contribution in [2.45, 2.75) is 13.5 Å². The van der Waals surface area contributed by atoms with Gasteiger partial charge in [-0.1, -0.05) is 30.3 Å². The van der Waals surface area contributed by atoms with Crippen LogP contribution in [0.2, 0.25) is 0 Å². The molecule has 0 bridgehead atoms. The molecule has 28 heavy (non-hydrogen) atoms. The third kappa shape index (κ3) is 3.83. The van der Waals surface area contributed by atoms with Gasteiger partial charge in [0, 0.05) is 31.1 Å². The number of fused-ring (bicyclic) bond motifs is 1. The number of aromatic nitrogens is 2. The largest absolute Gasteiger partial charge is 0.378 e. The molecule has 0 saturated carbocycles. The van der Waals surface area contributed by atoms with Crippen molar-refractivity contribution in [2.75, 3.05) is 18.4 Å². The van der Waals surface area contributed by atoms with Crippen molar-refractivity contribution in [3.05, 3.63) is 74.7 Å². The van der Waals surface area contributed by atoms with E-state index >= 15 is 0 Å². The summed E-state index contributed by atoms with van der Waals surface area (Å²) in [5.74, 6) is -0.414. The molecule has 1 aromatic heterocycles. The lowest BCUT2D eigenvalue weighted by Gasteiger charge is -2.11. The number of carbonyl (C=O) groups excluding carboxylic acids is 1. The van der Waals surface area contributed by atoms with Crippen molar-refractivity contribution in [3.8, 4) is 0 Å². The molecular formula is C19H19N5O4. The van der Waals surface area contributed by atoms with E-state index in [1.807, 2.05) is 0 Å². The van der Waals surface area contributed by atoms with Crippen LogP contribution >= 0.6 is 0 Å². The summed E-state index contributed by atoms with van der Waals surface area (Å²) < 4.78 is 1.25. The van der Waals surface area contributed by atoms with Gasteiger partial charge in [-0.15, -0.1) is 0 Å². The van der Waals surface area contributed by atoms with Crippen LogP contribution in [0, 0.1) is 10.1 Å². The van der Waals surface area contributed by atoms with Crippen LogP contribution in [0.5, 0.6) is 0 Å². The lowest BCUT2D eigenvalue weighted by atomic mass is 10.1. The number of benzene rings is 2. The quantitative estimate of drug-likeness (QED) is 0.368. The van der Waals surface area contributed by atoms with Crippen molar-refractivity contribution in [3.63, 3.8) is 0 Å². The molecule has 0 aliphatic rings. The number of hydrogen-bond acceptors (Lipinski definition) is 6. The Hall–Kier alpha value is -3.75. The van der Waals surface area contributed by atoms with Gasteiger partial charge in [0.1, 0.15) is 5.69 Å². The van der Waals surface area contributed by atoms with E-state index in [1.165, 1.54) is 10.7 Å². The van der Waals surface area contributed by atoms with Crippen LogP contribution in [0.15, 0.2) is 53.3 Å². The number of nitro benzene ring substituents is 1. The summed E-state index contributed by atoms with van der Waals surface area (Å²) in [5.41, 5.74) is 0.275. The lowest BCUT2D eigenvalue weighted by Crippen LogP contribution is -2.32. The van der Waals surface area contributed by atoms with Gasteiger partial charge >= 0.3 is 0 Å². The minimum absolute atomic E-state index is 0.0310. The number of anilines is 1. The fraction of sp³-hybridized carbons (Fsp3) is 0.211. The maximum Gasteiger partial charge on any atom is 0.292 e. The first kappa shape index (κ1) is 19.0. The molecular weight excluding hydrogens is 362 g/mol. The summed E-state index contributed by atoms with van der Waals surface area (Å²) in [6.45, 7) is 2.65. The van der Waals surface area contributed by atoms with Gasteiger partial charge in [0.15, 0.2) is 5.69 Å². The predicted octanol–water partition coefficient (Wildman–Crippen LogP) is 2.17. The van der Waals surface area contributed by atoms with E-state index in [1.54, 1.807) is 49.4 Å². The van der Waals surface area contributed by atoms with Crippen LogP contribution < -0.4 is 16.2 Å². The molecule has 3 rings (SSSR count). The van der Waals surface area contributed by atoms with Gasteiger partial charge in [0.2, 0.25) is 0 Å². The Bertz CT molecular complexity index is 1090. The smallest absolute Gasteiger partial charge is 0.292 e. The fourth-order valence-electron chi connectivity index (χ4n) is 2.86. The molecule has 3 aromatic rings. The summed E-state index contributed by atoms with van der Waals surface area (Å²) in [4.78, 5) is 35.5. The highest BCUT2D eigenvalue weighted by molar-refractivity contribution is 6.04. The first-order chi connectivity index (χ1) is 13.5. The SMILES string of the molecule is CCn1nc(C(=O)NCCNc2ccccc2[N+](=O)[O-])c2ccccc2c1=O. The third-order valence-electron chi connectivity index (χ3n) is 4.21. The zero-order valence-corrected chi connectivity index (χ0v) is 15.2. The van der Waals surface area contributed by atoms with Crippen LogP contribution in [0.4, 0.5) is 11.4 Å². The normalized spacial score (nSPS) is 10.6. The van der Waals surface area contributed by atoms with Gasteiger partial charge in [-0.3, -0.25) is 19.7 Å². The number of rotatable bonds is 7. The Morgan fingerprint density at radius 2 is 1.79 bits per heavy atom. The molecule has 0 atom stereocenters. The number of nitrogens with zero attached hydrogens (tertiary/aromatic N) is 3. The van der Waals surface area contributed by atoms with E-state index in [0.29, 0.717) is 29.5 Å². The van der Waals surface area contributed by atoms with Crippen molar-refractivity contribution in [1.82, 2.24) is 15.1 Å². The van der Waals surface area contributed by atoms with Crippen LogP contribution in [-0.4, -0.2) is 33.7 Å². The monoisotopic (exact) mass is 381 g/mol. The first-order valence-electron chi connectivity index (χ1n) is 8.78. The Kier molecular flexibility index (Phi) is 5.64. The zero-order valence-electron chi connectivity index (χ0n) is 15.2. The number of amides is 1. The summed E-state index contributed by atoms with van der Waals surface area (Å²) in [6, 6.07) is 13.1. The lowest BCUT2D eigenvalue weighted by molar-refractivity contribution is -0.384. The van der Waals surface area contributed by atoms with Gasteiger partial charge < -0.3 is 10.6 Å². The van der Waals surface area contributed by atoms with Crippen LogP contribution in [0.1, 0.15) is 17.4 Å². The van der Waals surface area contributed by atoms with E-state index in [2.05, 4.69) is 15.7 Å². The molecule has 0 saturated heterocycles. The van der Waals surface area contributed by atoms with E-state index in [-0.39, 0.29) is 23.5 Å². The van der Waals surface area contributed by atoms with E-state index < -0.39 is 10.8 Å². The maximum absolute atomic E-state index is 12.6. The molecule has 144 valence electrons. The molecule has 1 heterocycles. The van der Waals surface area contributed by atoms with Gasteiger partial charge in [-0.25, -0.2) is 4.68 Å². The van der Waals surface area contributed by atoms with E-state index in [0.717, 1.165) is 0 Å². The maximum atomic E-state index is 12.6. The van der Waals surface area contributed by atoms with Crippen molar-refractivity contribution in [1.29, 1.82) is 0 Å². The minimum atomic E-state index is -0.467. The molecule has 0 radical (unpaired) electrons. The Morgan fingerprint density at radius 1 is 1.11 bits per heavy atom. The molecule has 0 aliphatic carbocycles. The van der Waals surface area contributed by atoms with E-state index in [4.69, 9.17) is 0 Å². The van der Waals surface area contributed by atoms with Crippen molar-refractivity contribution < 1.29 is 9.72 Å². The molecule has 2 aromatic carbocycles. The Labute approximate surface area is 160 Å². The zero-order chi connectivity index (χ0) is 20.1. The Morgan fingerprint density at radius 3 is 2.50 bits per heavy atom. The number of carbonyl (C=O) groups is 1. The highest BCUT2D eigenvalue weighted by atomic mass is 16.6. The van der Waals surface area contributed by atoms with Crippen LogP contribution in [0.25, 0.3) is 10.8 Å².